The van der Waals surface area contributed by atoms with Gasteiger partial charge in [-0.05, 0) is 24.7 Å². The monoisotopic (exact) mass is 452 g/mol. The van der Waals surface area contributed by atoms with Crippen LogP contribution in [0.25, 0.3) is 0 Å². The molecule has 30 heavy (non-hydrogen) atoms. The molecule has 10 heteroatoms. The molecule has 3 aliphatic carbocycles. The second-order valence-corrected chi connectivity index (χ2v) is 8.85. The van der Waals surface area contributed by atoms with E-state index in [0.29, 0.717) is 0 Å². The van der Waals surface area contributed by atoms with Gasteiger partial charge < -0.3 is 9.47 Å². The minimum absolute atomic E-state index is 0.121. The third-order valence-electron chi connectivity index (χ3n) is 6.81. The Kier molecular flexibility index (Phi) is 7.91. The fourth-order valence-corrected chi connectivity index (χ4v) is 5.39. The van der Waals surface area contributed by atoms with Gasteiger partial charge in [0.25, 0.3) is 0 Å². The lowest BCUT2D eigenvalue weighted by atomic mass is 9.69. The van der Waals surface area contributed by atoms with Gasteiger partial charge in [-0.15, -0.1) is 0 Å². The number of ether oxygens (including phenoxy) is 2. The molecule has 176 valence electrons. The minimum Gasteiger partial charge on any atom is -0.317 e. The summed E-state index contributed by atoms with van der Waals surface area (Å²) in [6.07, 6.45) is -14.3. The van der Waals surface area contributed by atoms with Crippen molar-refractivity contribution in [2.24, 2.45) is 17.8 Å². The lowest BCUT2D eigenvalue weighted by Gasteiger charge is -2.43. The maximum atomic E-state index is 14.7. The SMILES string of the molecule is FC(F)OC1C(F)CC(OC(F)(F)C2C(F)CC(C3CCCCC3)CC2F)CC1F. The molecule has 0 radical (unpaired) electrons. The molecule has 3 aliphatic rings. The lowest BCUT2D eigenvalue weighted by Crippen LogP contribution is -2.52. The first-order valence-electron chi connectivity index (χ1n) is 10.6. The van der Waals surface area contributed by atoms with E-state index in [4.69, 9.17) is 0 Å². The van der Waals surface area contributed by atoms with Crippen LogP contribution in [-0.2, 0) is 9.47 Å². The van der Waals surface area contributed by atoms with Gasteiger partial charge in [-0.3, -0.25) is 0 Å². The molecular formula is C20H28F8O2. The van der Waals surface area contributed by atoms with E-state index in [1.165, 1.54) is 0 Å². The fourth-order valence-electron chi connectivity index (χ4n) is 5.39. The zero-order valence-corrected chi connectivity index (χ0v) is 16.5. The van der Waals surface area contributed by atoms with E-state index in [1.807, 2.05) is 0 Å². The topological polar surface area (TPSA) is 18.5 Å². The van der Waals surface area contributed by atoms with Crippen molar-refractivity contribution in [3.63, 3.8) is 0 Å². The number of hydrogen-bond donors (Lipinski definition) is 0. The average molecular weight is 452 g/mol. The van der Waals surface area contributed by atoms with Crippen molar-refractivity contribution < 1.29 is 44.6 Å². The molecule has 3 rings (SSSR count). The standard InChI is InChI=1S/C20H28F8O2/c21-13-6-11(10-4-2-1-3-5-10)7-14(22)17(13)20(27,28)30-12-8-15(23)18(16(24)9-12)29-19(25)26/h10-19H,1-9H2. The summed E-state index contributed by atoms with van der Waals surface area (Å²) >= 11 is 0. The molecular weight excluding hydrogens is 424 g/mol. The van der Waals surface area contributed by atoms with Gasteiger partial charge in [-0.1, -0.05) is 32.1 Å². The highest BCUT2D eigenvalue weighted by Crippen LogP contribution is 2.48. The third kappa shape index (κ3) is 5.58. The first kappa shape index (κ1) is 24.0. The van der Waals surface area contributed by atoms with Gasteiger partial charge in [0.1, 0.15) is 36.7 Å². The molecule has 3 saturated carbocycles. The smallest absolute Gasteiger partial charge is 0.317 e. The number of alkyl halides is 8. The molecule has 0 amide bonds. The van der Waals surface area contributed by atoms with Crippen LogP contribution in [0.2, 0.25) is 0 Å². The van der Waals surface area contributed by atoms with Crippen LogP contribution in [0.5, 0.6) is 0 Å². The van der Waals surface area contributed by atoms with Crippen molar-refractivity contribution in [2.45, 2.75) is 107 Å². The first-order valence-corrected chi connectivity index (χ1v) is 10.6. The van der Waals surface area contributed by atoms with Crippen LogP contribution < -0.4 is 0 Å². The summed E-state index contributed by atoms with van der Waals surface area (Å²) in [7, 11) is 0. The Balaban J connectivity index is 1.59. The van der Waals surface area contributed by atoms with Crippen LogP contribution in [-0.4, -0.2) is 49.6 Å². The summed E-state index contributed by atoms with van der Waals surface area (Å²) in [4.78, 5) is 0. The van der Waals surface area contributed by atoms with E-state index in [2.05, 4.69) is 9.47 Å². The molecule has 3 fully saturated rings. The van der Waals surface area contributed by atoms with Gasteiger partial charge in [0.15, 0.2) is 0 Å². The Bertz CT molecular complexity index is 521. The van der Waals surface area contributed by atoms with Crippen LogP contribution in [0, 0.1) is 17.8 Å². The van der Waals surface area contributed by atoms with Gasteiger partial charge in [-0.25, -0.2) is 17.6 Å². The quantitative estimate of drug-likeness (QED) is 0.439. The molecule has 0 N–H and O–H groups in total. The molecule has 0 bridgehead atoms. The molecule has 0 spiro atoms. The fraction of sp³-hybridized carbons (Fsp3) is 1.00. The Morgan fingerprint density at radius 3 is 1.73 bits per heavy atom. The Morgan fingerprint density at radius 1 is 0.700 bits per heavy atom. The summed E-state index contributed by atoms with van der Waals surface area (Å²) < 4.78 is 119. The van der Waals surface area contributed by atoms with Crippen molar-refractivity contribution in [3.8, 4) is 0 Å². The predicted octanol–water partition coefficient (Wildman–Crippen LogP) is 6.32. The largest absolute Gasteiger partial charge is 0.364 e. The summed E-state index contributed by atoms with van der Waals surface area (Å²) in [5.74, 6) is -2.55. The van der Waals surface area contributed by atoms with E-state index in [9.17, 15) is 35.1 Å². The van der Waals surface area contributed by atoms with E-state index < -0.39 is 68.4 Å². The van der Waals surface area contributed by atoms with Crippen LogP contribution >= 0.6 is 0 Å². The maximum absolute atomic E-state index is 14.7. The van der Waals surface area contributed by atoms with E-state index >= 15 is 0 Å². The molecule has 0 aromatic rings. The van der Waals surface area contributed by atoms with Crippen LogP contribution in [0.15, 0.2) is 0 Å². The van der Waals surface area contributed by atoms with Crippen molar-refractivity contribution in [1.82, 2.24) is 0 Å². The second-order valence-electron chi connectivity index (χ2n) is 8.85. The zero-order valence-electron chi connectivity index (χ0n) is 16.5. The van der Waals surface area contributed by atoms with E-state index in [0.717, 1.165) is 32.1 Å². The van der Waals surface area contributed by atoms with E-state index in [1.54, 1.807) is 0 Å². The van der Waals surface area contributed by atoms with Gasteiger partial charge in [0.05, 0.1) is 6.10 Å². The molecule has 0 saturated heterocycles. The highest BCUT2D eigenvalue weighted by atomic mass is 19.3. The maximum Gasteiger partial charge on any atom is 0.364 e. The molecule has 4 atom stereocenters. The van der Waals surface area contributed by atoms with Crippen molar-refractivity contribution >= 4 is 0 Å². The average Bonchev–Trinajstić information content (AvgIpc) is 2.64. The van der Waals surface area contributed by atoms with Crippen molar-refractivity contribution in [3.05, 3.63) is 0 Å². The first-order chi connectivity index (χ1) is 14.1. The van der Waals surface area contributed by atoms with E-state index in [-0.39, 0.29) is 24.7 Å². The predicted molar refractivity (Wildman–Crippen MR) is 92.3 cm³/mol. The highest BCUT2D eigenvalue weighted by Gasteiger charge is 2.56. The van der Waals surface area contributed by atoms with Crippen molar-refractivity contribution in [2.75, 3.05) is 0 Å². The summed E-state index contributed by atoms with van der Waals surface area (Å²) in [5.41, 5.74) is 0. The lowest BCUT2D eigenvalue weighted by molar-refractivity contribution is -0.327. The highest BCUT2D eigenvalue weighted by molar-refractivity contribution is 4.95. The molecule has 0 aliphatic heterocycles. The van der Waals surface area contributed by atoms with Crippen molar-refractivity contribution in [1.29, 1.82) is 0 Å². The Labute approximate surface area is 170 Å². The van der Waals surface area contributed by atoms with Gasteiger partial charge in [0.2, 0.25) is 0 Å². The third-order valence-corrected chi connectivity index (χ3v) is 6.81. The number of rotatable bonds is 6. The van der Waals surface area contributed by atoms with Gasteiger partial charge >= 0.3 is 12.7 Å². The van der Waals surface area contributed by atoms with Gasteiger partial charge in [0, 0.05) is 12.8 Å². The Hall–Kier alpha value is -0.640. The summed E-state index contributed by atoms with van der Waals surface area (Å²) in [5, 5.41) is 0. The summed E-state index contributed by atoms with van der Waals surface area (Å²) in [6, 6.07) is 0. The summed E-state index contributed by atoms with van der Waals surface area (Å²) in [6.45, 7) is -3.41. The zero-order chi connectivity index (χ0) is 22.1. The van der Waals surface area contributed by atoms with Crippen LogP contribution in [0.3, 0.4) is 0 Å². The number of halogens is 8. The van der Waals surface area contributed by atoms with Gasteiger partial charge in [-0.2, -0.15) is 17.6 Å². The molecule has 4 unspecified atom stereocenters. The molecule has 0 aromatic carbocycles. The Morgan fingerprint density at radius 2 is 1.23 bits per heavy atom. The molecule has 0 aromatic heterocycles. The normalized spacial score (nSPS) is 41.9. The molecule has 0 heterocycles. The van der Waals surface area contributed by atoms with Crippen LogP contribution in [0.1, 0.15) is 57.8 Å². The minimum atomic E-state index is -4.27. The van der Waals surface area contributed by atoms with Crippen LogP contribution in [0.4, 0.5) is 35.1 Å². The second kappa shape index (κ2) is 9.88. The number of hydrogen-bond acceptors (Lipinski definition) is 2. The molecule has 2 nitrogen and oxygen atoms in total.